The van der Waals surface area contributed by atoms with E-state index in [0.717, 1.165) is 31.6 Å². The molecule has 0 unspecified atom stereocenters. The van der Waals surface area contributed by atoms with Gasteiger partial charge in [-0.05, 0) is 31.0 Å². The summed E-state index contributed by atoms with van der Waals surface area (Å²) in [5.74, 6) is 0.295. The number of hydrogen-bond donors (Lipinski definition) is 1. The molecule has 0 saturated carbocycles. The first-order chi connectivity index (χ1) is 10.2. The lowest BCUT2D eigenvalue weighted by molar-refractivity contribution is -0.00231. The Bertz CT molecular complexity index is 565. The van der Waals surface area contributed by atoms with E-state index in [1.807, 2.05) is 37.3 Å². The van der Waals surface area contributed by atoms with Crippen molar-refractivity contribution in [3.8, 4) is 0 Å². The van der Waals surface area contributed by atoms with Gasteiger partial charge in [-0.3, -0.25) is 4.90 Å². The Morgan fingerprint density at radius 1 is 1.05 bits per heavy atom. The van der Waals surface area contributed by atoms with E-state index < -0.39 is 5.60 Å². The van der Waals surface area contributed by atoms with Gasteiger partial charge in [0.15, 0.2) is 0 Å². The van der Waals surface area contributed by atoms with E-state index in [0.29, 0.717) is 5.92 Å². The average Bonchev–Trinajstić information content (AvgIpc) is 2.98. The van der Waals surface area contributed by atoms with Crippen molar-refractivity contribution in [2.75, 3.05) is 13.1 Å². The van der Waals surface area contributed by atoms with Crippen LogP contribution < -0.4 is 0 Å². The number of benzene rings is 2. The van der Waals surface area contributed by atoms with E-state index in [1.165, 1.54) is 5.56 Å². The van der Waals surface area contributed by atoms with Gasteiger partial charge in [0, 0.05) is 19.0 Å². The maximum atomic E-state index is 10.9. The van der Waals surface area contributed by atoms with Crippen molar-refractivity contribution in [1.82, 2.24) is 4.90 Å². The van der Waals surface area contributed by atoms with E-state index in [-0.39, 0.29) is 0 Å². The van der Waals surface area contributed by atoms with E-state index in [4.69, 9.17) is 0 Å². The van der Waals surface area contributed by atoms with Crippen molar-refractivity contribution < 1.29 is 5.11 Å². The number of likely N-dealkylation sites (tertiary alicyclic amines) is 1. The Balaban J connectivity index is 1.67. The third-order valence-electron chi connectivity index (χ3n) is 4.67. The Labute approximate surface area is 127 Å². The molecule has 21 heavy (non-hydrogen) atoms. The third-order valence-corrected chi connectivity index (χ3v) is 4.67. The summed E-state index contributed by atoms with van der Waals surface area (Å²) in [6.45, 7) is 4.94. The monoisotopic (exact) mass is 281 g/mol. The molecule has 0 bridgehead atoms. The minimum Gasteiger partial charge on any atom is -0.385 e. The van der Waals surface area contributed by atoms with E-state index >= 15 is 0 Å². The molecule has 3 rings (SSSR count). The summed E-state index contributed by atoms with van der Waals surface area (Å²) < 4.78 is 0. The number of rotatable bonds is 4. The Kier molecular flexibility index (Phi) is 4.09. The molecule has 0 aromatic heterocycles. The highest BCUT2D eigenvalue weighted by molar-refractivity contribution is 5.23. The second kappa shape index (κ2) is 6.00. The van der Waals surface area contributed by atoms with Crippen LogP contribution in [0.1, 0.15) is 24.5 Å². The van der Waals surface area contributed by atoms with Crippen molar-refractivity contribution in [3.63, 3.8) is 0 Å². The molecule has 2 aromatic carbocycles. The van der Waals surface area contributed by atoms with E-state index in [9.17, 15) is 5.11 Å². The summed E-state index contributed by atoms with van der Waals surface area (Å²) in [4.78, 5) is 2.44. The fraction of sp³-hybridized carbons (Fsp3) is 0.368. The second-order valence-corrected chi connectivity index (χ2v) is 6.22. The zero-order valence-electron chi connectivity index (χ0n) is 12.6. The number of nitrogens with zero attached hydrogens (tertiary/aromatic N) is 1. The van der Waals surface area contributed by atoms with Crippen molar-refractivity contribution in [3.05, 3.63) is 71.8 Å². The largest absolute Gasteiger partial charge is 0.385 e. The maximum absolute atomic E-state index is 10.9. The van der Waals surface area contributed by atoms with Gasteiger partial charge in [0.05, 0.1) is 5.60 Å². The first-order valence-electron chi connectivity index (χ1n) is 7.70. The highest BCUT2D eigenvalue weighted by Gasteiger charge is 2.38. The SMILES string of the molecule is C[C@](O)(c1ccccc1)[C@H]1CCN(Cc2ccccc2)C1. The molecule has 0 spiro atoms. The fourth-order valence-corrected chi connectivity index (χ4v) is 3.29. The van der Waals surface area contributed by atoms with Gasteiger partial charge in [0.25, 0.3) is 0 Å². The van der Waals surface area contributed by atoms with Gasteiger partial charge in [-0.25, -0.2) is 0 Å². The smallest absolute Gasteiger partial charge is 0.0909 e. The van der Waals surface area contributed by atoms with Gasteiger partial charge >= 0.3 is 0 Å². The van der Waals surface area contributed by atoms with Crippen molar-refractivity contribution in [2.45, 2.75) is 25.5 Å². The molecule has 0 aliphatic carbocycles. The molecule has 0 amide bonds. The lowest BCUT2D eigenvalue weighted by atomic mass is 9.82. The molecule has 1 heterocycles. The number of aliphatic hydroxyl groups is 1. The summed E-state index contributed by atoms with van der Waals surface area (Å²) in [5.41, 5.74) is 1.63. The molecule has 2 aromatic rings. The van der Waals surface area contributed by atoms with Crippen LogP contribution >= 0.6 is 0 Å². The third kappa shape index (κ3) is 3.17. The quantitative estimate of drug-likeness (QED) is 0.928. The van der Waals surface area contributed by atoms with E-state index in [1.54, 1.807) is 0 Å². The fourth-order valence-electron chi connectivity index (χ4n) is 3.29. The Hall–Kier alpha value is -1.64. The summed E-state index contributed by atoms with van der Waals surface area (Å²) in [6, 6.07) is 20.6. The zero-order valence-corrected chi connectivity index (χ0v) is 12.6. The van der Waals surface area contributed by atoms with Crippen molar-refractivity contribution >= 4 is 0 Å². The molecule has 1 fully saturated rings. The highest BCUT2D eigenvalue weighted by atomic mass is 16.3. The molecule has 1 N–H and O–H groups in total. The predicted octanol–water partition coefficient (Wildman–Crippen LogP) is 3.42. The topological polar surface area (TPSA) is 23.5 Å². The van der Waals surface area contributed by atoms with Crippen LogP contribution in [0.15, 0.2) is 60.7 Å². The molecule has 1 saturated heterocycles. The molecule has 110 valence electrons. The van der Waals surface area contributed by atoms with Gasteiger partial charge in [0.2, 0.25) is 0 Å². The molecular formula is C19H23NO. The van der Waals surface area contributed by atoms with Gasteiger partial charge in [0.1, 0.15) is 0 Å². The summed E-state index contributed by atoms with van der Waals surface area (Å²) in [6.07, 6.45) is 1.05. The van der Waals surface area contributed by atoms with Crippen LogP contribution in [0.25, 0.3) is 0 Å². The van der Waals surface area contributed by atoms with Crippen molar-refractivity contribution in [1.29, 1.82) is 0 Å². The first kappa shape index (κ1) is 14.3. The van der Waals surface area contributed by atoms with Crippen LogP contribution in [-0.4, -0.2) is 23.1 Å². The average molecular weight is 281 g/mol. The van der Waals surface area contributed by atoms with Gasteiger partial charge in [-0.15, -0.1) is 0 Å². The minimum absolute atomic E-state index is 0.295. The van der Waals surface area contributed by atoms with Gasteiger partial charge in [-0.1, -0.05) is 60.7 Å². The number of hydrogen-bond acceptors (Lipinski definition) is 2. The van der Waals surface area contributed by atoms with Crippen LogP contribution in [-0.2, 0) is 12.1 Å². The summed E-state index contributed by atoms with van der Waals surface area (Å²) >= 11 is 0. The van der Waals surface area contributed by atoms with Crippen LogP contribution in [0.2, 0.25) is 0 Å². The van der Waals surface area contributed by atoms with Gasteiger partial charge < -0.3 is 5.11 Å². The molecule has 2 atom stereocenters. The van der Waals surface area contributed by atoms with Crippen LogP contribution in [0.3, 0.4) is 0 Å². The molecule has 1 aliphatic heterocycles. The van der Waals surface area contributed by atoms with Gasteiger partial charge in [-0.2, -0.15) is 0 Å². The zero-order chi connectivity index (χ0) is 14.7. The second-order valence-electron chi connectivity index (χ2n) is 6.22. The Morgan fingerprint density at radius 2 is 1.67 bits per heavy atom. The highest BCUT2D eigenvalue weighted by Crippen LogP contribution is 2.35. The molecular weight excluding hydrogens is 258 g/mol. The normalized spacial score (nSPS) is 22.1. The van der Waals surface area contributed by atoms with Crippen LogP contribution in [0.4, 0.5) is 0 Å². The van der Waals surface area contributed by atoms with Crippen LogP contribution in [0, 0.1) is 5.92 Å². The summed E-state index contributed by atoms with van der Waals surface area (Å²) in [5, 5.41) is 10.9. The lowest BCUT2D eigenvalue weighted by Gasteiger charge is -2.31. The Morgan fingerprint density at radius 3 is 2.33 bits per heavy atom. The van der Waals surface area contributed by atoms with Crippen LogP contribution in [0.5, 0.6) is 0 Å². The van der Waals surface area contributed by atoms with Crippen molar-refractivity contribution in [2.24, 2.45) is 5.92 Å². The predicted molar refractivity (Wildman–Crippen MR) is 85.8 cm³/mol. The molecule has 2 nitrogen and oxygen atoms in total. The lowest BCUT2D eigenvalue weighted by Crippen LogP contribution is -2.34. The standard InChI is InChI=1S/C19H23NO/c1-19(21,17-10-6-3-7-11-17)18-12-13-20(15-18)14-16-8-4-2-5-9-16/h2-11,18,21H,12-15H2,1H3/t18-,19-/m0/s1. The first-order valence-corrected chi connectivity index (χ1v) is 7.70. The molecule has 0 radical (unpaired) electrons. The van der Waals surface area contributed by atoms with E-state index in [2.05, 4.69) is 35.2 Å². The molecule has 2 heteroatoms. The summed E-state index contributed by atoms with van der Waals surface area (Å²) in [7, 11) is 0. The maximum Gasteiger partial charge on any atom is 0.0909 e. The molecule has 1 aliphatic rings. The minimum atomic E-state index is -0.743.